The van der Waals surface area contributed by atoms with Gasteiger partial charge in [-0.25, -0.2) is 0 Å². The first-order chi connectivity index (χ1) is 8.66. The number of hydrogen-bond donors (Lipinski definition) is 1. The van der Waals surface area contributed by atoms with Crippen LogP contribution in [0.4, 0.5) is 11.4 Å². The molecule has 0 atom stereocenters. The number of anilines is 1. The molecular weight excluding hydrogens is 228 g/mol. The van der Waals surface area contributed by atoms with Crippen LogP contribution in [0.1, 0.15) is 32.6 Å². The van der Waals surface area contributed by atoms with E-state index in [9.17, 15) is 10.1 Å². The fraction of sp³-hybridized carbons (Fsp3) is 0.571. The van der Waals surface area contributed by atoms with Crippen LogP contribution < -0.4 is 5.32 Å². The minimum Gasteiger partial charge on any atom is -0.379 e. The van der Waals surface area contributed by atoms with Gasteiger partial charge in [0.1, 0.15) is 5.69 Å². The Morgan fingerprint density at radius 3 is 2.61 bits per heavy atom. The van der Waals surface area contributed by atoms with Gasteiger partial charge in [0.15, 0.2) is 0 Å². The summed E-state index contributed by atoms with van der Waals surface area (Å²) < 4.78 is 0. The van der Waals surface area contributed by atoms with Gasteiger partial charge in [0.05, 0.1) is 4.92 Å². The highest BCUT2D eigenvalue weighted by Gasteiger charge is 2.19. The van der Waals surface area contributed by atoms with E-state index in [1.54, 1.807) is 18.2 Å². The predicted octanol–water partition coefficient (Wildman–Crippen LogP) is 3.83. The Balaban J connectivity index is 1.92. The van der Waals surface area contributed by atoms with E-state index in [0.717, 1.165) is 12.5 Å². The standard InChI is InChI=1S/C14H20N2O2/c1-11-6-8-12(9-7-11)10-15-13-4-2-3-5-14(13)16(17)18/h2-5,11-12,15H,6-10H2,1H3. The second kappa shape index (κ2) is 5.85. The Hall–Kier alpha value is -1.58. The van der Waals surface area contributed by atoms with E-state index in [4.69, 9.17) is 0 Å². The molecule has 4 nitrogen and oxygen atoms in total. The van der Waals surface area contributed by atoms with Gasteiger partial charge in [0.25, 0.3) is 5.69 Å². The average Bonchev–Trinajstić information content (AvgIpc) is 2.38. The summed E-state index contributed by atoms with van der Waals surface area (Å²) in [5.74, 6) is 1.49. The maximum atomic E-state index is 10.9. The summed E-state index contributed by atoms with van der Waals surface area (Å²) in [7, 11) is 0. The Morgan fingerprint density at radius 1 is 1.28 bits per heavy atom. The summed E-state index contributed by atoms with van der Waals surface area (Å²) in [6, 6.07) is 6.86. The first kappa shape index (κ1) is 12.9. The zero-order valence-corrected chi connectivity index (χ0v) is 10.8. The molecule has 0 bridgehead atoms. The average molecular weight is 248 g/mol. The molecule has 1 N–H and O–H groups in total. The SMILES string of the molecule is CC1CCC(CNc2ccccc2[N+](=O)[O-])CC1. The molecule has 0 spiro atoms. The maximum absolute atomic E-state index is 10.9. The number of nitrogens with zero attached hydrogens (tertiary/aromatic N) is 1. The Labute approximate surface area is 108 Å². The van der Waals surface area contributed by atoms with Gasteiger partial charge in [-0.2, -0.15) is 0 Å². The third-order valence-corrected chi connectivity index (χ3v) is 3.82. The van der Waals surface area contributed by atoms with Crippen LogP contribution in [0.5, 0.6) is 0 Å². The first-order valence-corrected chi connectivity index (χ1v) is 6.64. The van der Waals surface area contributed by atoms with Crippen molar-refractivity contribution >= 4 is 11.4 Å². The minimum absolute atomic E-state index is 0.168. The molecule has 0 saturated heterocycles. The smallest absolute Gasteiger partial charge is 0.292 e. The summed E-state index contributed by atoms with van der Waals surface area (Å²) in [6.45, 7) is 3.14. The molecule has 0 unspecified atom stereocenters. The van der Waals surface area contributed by atoms with Gasteiger partial charge >= 0.3 is 0 Å². The largest absolute Gasteiger partial charge is 0.379 e. The van der Waals surface area contributed by atoms with Gasteiger partial charge in [0, 0.05) is 12.6 Å². The van der Waals surface area contributed by atoms with Gasteiger partial charge in [-0.05, 0) is 30.7 Å². The van der Waals surface area contributed by atoms with Crippen LogP contribution >= 0.6 is 0 Å². The van der Waals surface area contributed by atoms with Crippen molar-refractivity contribution in [3.05, 3.63) is 34.4 Å². The molecule has 98 valence electrons. The molecule has 0 heterocycles. The molecule has 1 fully saturated rings. The number of hydrogen-bond acceptors (Lipinski definition) is 3. The lowest BCUT2D eigenvalue weighted by atomic mass is 9.83. The van der Waals surface area contributed by atoms with Crippen molar-refractivity contribution in [3.63, 3.8) is 0 Å². The topological polar surface area (TPSA) is 55.2 Å². The lowest BCUT2D eigenvalue weighted by Gasteiger charge is -2.26. The second-order valence-electron chi connectivity index (χ2n) is 5.28. The molecule has 4 heteroatoms. The number of nitro benzene ring substituents is 1. The Bertz CT molecular complexity index is 412. The number of para-hydroxylation sites is 2. The molecule has 0 aromatic heterocycles. The minimum atomic E-state index is -0.328. The van der Waals surface area contributed by atoms with Crippen LogP contribution in [0, 0.1) is 22.0 Å². The van der Waals surface area contributed by atoms with E-state index >= 15 is 0 Å². The van der Waals surface area contributed by atoms with E-state index in [1.807, 2.05) is 6.07 Å². The molecule has 1 aromatic carbocycles. The molecule has 0 radical (unpaired) electrons. The van der Waals surface area contributed by atoms with Crippen LogP contribution in [-0.4, -0.2) is 11.5 Å². The molecule has 1 aliphatic rings. The third-order valence-electron chi connectivity index (χ3n) is 3.82. The quantitative estimate of drug-likeness (QED) is 0.650. The Kier molecular flexibility index (Phi) is 4.18. The van der Waals surface area contributed by atoms with Crippen LogP contribution in [0.3, 0.4) is 0 Å². The van der Waals surface area contributed by atoms with Gasteiger partial charge in [-0.3, -0.25) is 10.1 Å². The summed E-state index contributed by atoms with van der Waals surface area (Å²) in [4.78, 5) is 10.6. The summed E-state index contributed by atoms with van der Waals surface area (Å²) in [5.41, 5.74) is 0.808. The van der Waals surface area contributed by atoms with Crippen LogP contribution in [0.2, 0.25) is 0 Å². The number of nitrogens with one attached hydrogen (secondary N) is 1. The predicted molar refractivity (Wildman–Crippen MR) is 72.7 cm³/mol. The van der Waals surface area contributed by atoms with E-state index in [1.165, 1.54) is 25.7 Å². The maximum Gasteiger partial charge on any atom is 0.292 e. The normalized spacial score (nSPS) is 23.6. The highest BCUT2D eigenvalue weighted by atomic mass is 16.6. The summed E-state index contributed by atoms with van der Waals surface area (Å²) >= 11 is 0. The van der Waals surface area contributed by atoms with Crippen molar-refractivity contribution in [1.82, 2.24) is 0 Å². The van der Waals surface area contributed by atoms with Gasteiger partial charge in [-0.15, -0.1) is 0 Å². The molecule has 0 amide bonds. The second-order valence-corrected chi connectivity index (χ2v) is 5.28. The molecule has 1 aromatic rings. The summed E-state index contributed by atoms with van der Waals surface area (Å²) in [6.07, 6.45) is 5.02. The molecule has 18 heavy (non-hydrogen) atoms. The van der Waals surface area contributed by atoms with E-state index < -0.39 is 0 Å². The molecule has 2 rings (SSSR count). The van der Waals surface area contributed by atoms with E-state index in [0.29, 0.717) is 11.6 Å². The molecule has 1 aliphatic carbocycles. The lowest BCUT2D eigenvalue weighted by Crippen LogP contribution is -2.20. The van der Waals surface area contributed by atoms with Crippen LogP contribution in [-0.2, 0) is 0 Å². The van der Waals surface area contributed by atoms with Crippen molar-refractivity contribution in [2.75, 3.05) is 11.9 Å². The molecular formula is C14H20N2O2. The first-order valence-electron chi connectivity index (χ1n) is 6.64. The zero-order chi connectivity index (χ0) is 13.0. The highest BCUT2D eigenvalue weighted by Crippen LogP contribution is 2.29. The highest BCUT2D eigenvalue weighted by molar-refractivity contribution is 5.61. The van der Waals surface area contributed by atoms with E-state index in [-0.39, 0.29) is 10.6 Å². The van der Waals surface area contributed by atoms with E-state index in [2.05, 4.69) is 12.2 Å². The fourth-order valence-corrected chi connectivity index (χ4v) is 2.57. The third kappa shape index (κ3) is 3.22. The number of nitro groups is 1. The Morgan fingerprint density at radius 2 is 1.94 bits per heavy atom. The molecule has 0 aliphatic heterocycles. The number of rotatable bonds is 4. The van der Waals surface area contributed by atoms with Crippen molar-refractivity contribution in [3.8, 4) is 0 Å². The monoisotopic (exact) mass is 248 g/mol. The number of benzene rings is 1. The van der Waals surface area contributed by atoms with Gasteiger partial charge < -0.3 is 5.32 Å². The van der Waals surface area contributed by atoms with Crippen LogP contribution in [0.25, 0.3) is 0 Å². The lowest BCUT2D eigenvalue weighted by molar-refractivity contribution is -0.384. The molecule has 1 saturated carbocycles. The van der Waals surface area contributed by atoms with Crippen LogP contribution in [0.15, 0.2) is 24.3 Å². The van der Waals surface area contributed by atoms with Gasteiger partial charge in [-0.1, -0.05) is 31.9 Å². The fourth-order valence-electron chi connectivity index (χ4n) is 2.57. The van der Waals surface area contributed by atoms with Crippen molar-refractivity contribution in [1.29, 1.82) is 0 Å². The summed E-state index contributed by atoms with van der Waals surface area (Å²) in [5, 5.41) is 14.1. The zero-order valence-electron chi connectivity index (χ0n) is 10.8. The van der Waals surface area contributed by atoms with Crippen molar-refractivity contribution < 1.29 is 4.92 Å². The van der Waals surface area contributed by atoms with Crippen molar-refractivity contribution in [2.45, 2.75) is 32.6 Å². The van der Waals surface area contributed by atoms with Crippen molar-refractivity contribution in [2.24, 2.45) is 11.8 Å². The van der Waals surface area contributed by atoms with Gasteiger partial charge in [0.2, 0.25) is 0 Å².